The van der Waals surface area contributed by atoms with E-state index >= 15 is 0 Å². The minimum Gasteiger partial charge on any atom is -0.448 e. The van der Waals surface area contributed by atoms with Crippen LogP contribution in [0.3, 0.4) is 0 Å². The van der Waals surface area contributed by atoms with Crippen LogP contribution >= 0.6 is 0 Å². The van der Waals surface area contributed by atoms with Crippen LogP contribution in [0, 0.1) is 5.82 Å². The summed E-state index contributed by atoms with van der Waals surface area (Å²) in [6.07, 6.45) is 1.99. The molecule has 0 spiro atoms. The van der Waals surface area contributed by atoms with E-state index in [1.54, 1.807) is 24.5 Å². The van der Waals surface area contributed by atoms with Crippen LogP contribution in [0.5, 0.6) is 0 Å². The summed E-state index contributed by atoms with van der Waals surface area (Å²) >= 11 is 0. The molecule has 0 aliphatic rings. The molecule has 0 saturated heterocycles. The highest BCUT2D eigenvalue weighted by atomic mass is 19.1. The summed E-state index contributed by atoms with van der Waals surface area (Å²) in [7, 11) is 1.86. The minimum atomic E-state index is -0.228. The molecule has 3 nitrogen and oxygen atoms in total. The zero-order chi connectivity index (χ0) is 12.3. The van der Waals surface area contributed by atoms with Gasteiger partial charge in [-0.1, -0.05) is 18.2 Å². The van der Waals surface area contributed by atoms with Crippen molar-refractivity contribution in [3.05, 3.63) is 53.5 Å². The summed E-state index contributed by atoms with van der Waals surface area (Å²) < 4.78 is 18.8. The molecule has 1 N–H and O–H groups in total. The summed E-state index contributed by atoms with van der Waals surface area (Å²) in [6.45, 7) is 1.99. The lowest BCUT2D eigenvalue weighted by molar-refractivity contribution is 0.499. The molecule has 0 aliphatic carbocycles. The number of nitrogens with zero attached hydrogens (tertiary/aromatic N) is 1. The molecule has 1 unspecified atom stereocenters. The van der Waals surface area contributed by atoms with Gasteiger partial charge in [0.05, 0.1) is 12.1 Å². The average Bonchev–Trinajstić information content (AvgIpc) is 2.80. The minimum absolute atomic E-state index is 0.133. The van der Waals surface area contributed by atoms with Gasteiger partial charge in [0.15, 0.2) is 5.89 Å². The van der Waals surface area contributed by atoms with E-state index in [1.165, 1.54) is 6.07 Å². The number of hydrogen-bond acceptors (Lipinski definition) is 3. The lowest BCUT2D eigenvalue weighted by atomic mass is 10.1. The van der Waals surface area contributed by atoms with Crippen molar-refractivity contribution in [2.75, 3.05) is 7.05 Å². The Bertz CT molecular complexity index is 496. The summed E-state index contributed by atoms with van der Waals surface area (Å²) in [5, 5.41) is 3.07. The molecule has 90 valence electrons. The first-order valence-corrected chi connectivity index (χ1v) is 5.55. The van der Waals surface area contributed by atoms with E-state index in [9.17, 15) is 4.39 Å². The predicted molar refractivity (Wildman–Crippen MR) is 63.2 cm³/mol. The number of halogens is 1. The third kappa shape index (κ3) is 2.71. The van der Waals surface area contributed by atoms with E-state index in [1.807, 2.05) is 14.0 Å². The molecule has 1 aromatic heterocycles. The van der Waals surface area contributed by atoms with Crippen LogP contribution in [0.2, 0.25) is 0 Å². The maximum Gasteiger partial charge on any atom is 0.198 e. The van der Waals surface area contributed by atoms with Gasteiger partial charge in [0.25, 0.3) is 0 Å². The lowest BCUT2D eigenvalue weighted by Gasteiger charge is -2.03. The molecule has 0 fully saturated rings. The Hall–Kier alpha value is -1.68. The van der Waals surface area contributed by atoms with Crippen LogP contribution in [0.15, 0.2) is 34.9 Å². The summed E-state index contributed by atoms with van der Waals surface area (Å²) in [6, 6.07) is 6.78. The van der Waals surface area contributed by atoms with E-state index in [2.05, 4.69) is 10.3 Å². The van der Waals surface area contributed by atoms with Gasteiger partial charge in [0.2, 0.25) is 0 Å². The van der Waals surface area contributed by atoms with Crippen LogP contribution in [0.25, 0.3) is 0 Å². The molecular formula is C13H15FN2O. The Morgan fingerprint density at radius 3 is 2.88 bits per heavy atom. The van der Waals surface area contributed by atoms with Crippen LogP contribution < -0.4 is 5.32 Å². The predicted octanol–water partition coefficient (Wildman–Crippen LogP) is 2.68. The van der Waals surface area contributed by atoms with Gasteiger partial charge in [0, 0.05) is 6.04 Å². The molecule has 0 saturated carbocycles. The molecule has 1 heterocycles. The summed E-state index contributed by atoms with van der Waals surface area (Å²) in [4.78, 5) is 4.32. The highest BCUT2D eigenvalue weighted by molar-refractivity contribution is 5.20. The fourth-order valence-electron chi connectivity index (χ4n) is 1.56. The quantitative estimate of drug-likeness (QED) is 0.883. The van der Waals surface area contributed by atoms with E-state index in [0.29, 0.717) is 17.9 Å². The molecule has 2 aromatic rings. The normalized spacial score (nSPS) is 12.6. The second-order valence-corrected chi connectivity index (χ2v) is 3.94. The smallest absolute Gasteiger partial charge is 0.198 e. The molecule has 17 heavy (non-hydrogen) atoms. The molecule has 0 amide bonds. The van der Waals surface area contributed by atoms with Crippen LogP contribution in [-0.2, 0) is 6.42 Å². The van der Waals surface area contributed by atoms with Crippen molar-refractivity contribution in [1.29, 1.82) is 0 Å². The number of oxazole rings is 1. The third-order valence-corrected chi connectivity index (χ3v) is 2.75. The number of aromatic nitrogens is 1. The second kappa shape index (κ2) is 5.10. The molecule has 0 aliphatic heterocycles. The van der Waals surface area contributed by atoms with Crippen molar-refractivity contribution in [2.24, 2.45) is 0 Å². The number of hydrogen-bond donors (Lipinski definition) is 1. The van der Waals surface area contributed by atoms with Gasteiger partial charge in [-0.2, -0.15) is 0 Å². The standard InChI is InChI=1S/C13H15FN2O/c1-9(15-2)12-8-17-13(16-12)7-10-5-3-4-6-11(10)14/h3-6,8-9,15H,7H2,1-2H3. The van der Waals surface area contributed by atoms with E-state index in [-0.39, 0.29) is 11.9 Å². The highest BCUT2D eigenvalue weighted by Gasteiger charge is 2.11. The monoisotopic (exact) mass is 234 g/mol. The van der Waals surface area contributed by atoms with Crippen molar-refractivity contribution in [3.63, 3.8) is 0 Å². The maximum absolute atomic E-state index is 13.4. The maximum atomic E-state index is 13.4. The van der Waals surface area contributed by atoms with Crippen LogP contribution in [0.1, 0.15) is 30.1 Å². The summed E-state index contributed by atoms with van der Waals surface area (Å²) in [5.41, 5.74) is 1.43. The molecule has 0 bridgehead atoms. The van der Waals surface area contributed by atoms with E-state index < -0.39 is 0 Å². The molecule has 2 rings (SSSR count). The zero-order valence-electron chi connectivity index (χ0n) is 9.90. The first kappa shape index (κ1) is 11.8. The fraction of sp³-hybridized carbons (Fsp3) is 0.308. The van der Waals surface area contributed by atoms with Gasteiger partial charge in [-0.15, -0.1) is 0 Å². The van der Waals surface area contributed by atoms with Crippen molar-refractivity contribution in [2.45, 2.75) is 19.4 Å². The topological polar surface area (TPSA) is 38.1 Å². The van der Waals surface area contributed by atoms with Crippen molar-refractivity contribution in [3.8, 4) is 0 Å². The van der Waals surface area contributed by atoms with Gasteiger partial charge in [-0.05, 0) is 25.6 Å². The molecular weight excluding hydrogens is 219 g/mol. The Morgan fingerprint density at radius 2 is 2.18 bits per heavy atom. The molecule has 1 aromatic carbocycles. The Balaban J connectivity index is 2.14. The Labute approximate surface area is 99.7 Å². The Morgan fingerprint density at radius 1 is 1.41 bits per heavy atom. The molecule has 1 atom stereocenters. The lowest BCUT2D eigenvalue weighted by Crippen LogP contribution is -2.12. The van der Waals surface area contributed by atoms with E-state index in [0.717, 1.165) is 5.69 Å². The molecule has 4 heteroatoms. The average molecular weight is 234 g/mol. The largest absolute Gasteiger partial charge is 0.448 e. The van der Waals surface area contributed by atoms with Crippen LogP contribution in [-0.4, -0.2) is 12.0 Å². The number of benzene rings is 1. The number of rotatable bonds is 4. The number of nitrogens with one attached hydrogen (secondary N) is 1. The SMILES string of the molecule is CNC(C)c1coc(Cc2ccccc2F)n1. The highest BCUT2D eigenvalue weighted by Crippen LogP contribution is 2.15. The van der Waals surface area contributed by atoms with Gasteiger partial charge < -0.3 is 9.73 Å². The van der Waals surface area contributed by atoms with Gasteiger partial charge >= 0.3 is 0 Å². The van der Waals surface area contributed by atoms with Crippen molar-refractivity contribution < 1.29 is 8.81 Å². The van der Waals surface area contributed by atoms with Crippen molar-refractivity contribution in [1.82, 2.24) is 10.3 Å². The Kier molecular flexibility index (Phi) is 3.54. The fourth-order valence-corrected chi connectivity index (χ4v) is 1.56. The van der Waals surface area contributed by atoms with Gasteiger partial charge in [-0.25, -0.2) is 9.37 Å². The van der Waals surface area contributed by atoms with E-state index in [4.69, 9.17) is 4.42 Å². The zero-order valence-corrected chi connectivity index (χ0v) is 9.90. The molecule has 0 radical (unpaired) electrons. The van der Waals surface area contributed by atoms with Gasteiger partial charge in [0.1, 0.15) is 12.1 Å². The third-order valence-electron chi connectivity index (χ3n) is 2.75. The van der Waals surface area contributed by atoms with Crippen molar-refractivity contribution >= 4 is 0 Å². The first-order valence-electron chi connectivity index (χ1n) is 5.55. The van der Waals surface area contributed by atoms with Gasteiger partial charge in [-0.3, -0.25) is 0 Å². The van der Waals surface area contributed by atoms with Crippen LogP contribution in [0.4, 0.5) is 4.39 Å². The second-order valence-electron chi connectivity index (χ2n) is 3.94. The first-order chi connectivity index (χ1) is 8.20. The summed E-state index contributed by atoms with van der Waals surface area (Å²) in [5.74, 6) is 0.307.